The summed E-state index contributed by atoms with van der Waals surface area (Å²) in [5.41, 5.74) is 1.17. The number of nitrogens with zero attached hydrogens (tertiary/aromatic N) is 1. The molecule has 0 saturated heterocycles. The van der Waals surface area contributed by atoms with Crippen LogP contribution in [0.1, 0.15) is 64.1 Å². The van der Waals surface area contributed by atoms with E-state index >= 15 is 0 Å². The molecule has 0 aromatic carbocycles. The smallest absolute Gasteiger partial charge is 0.0574 e. The van der Waals surface area contributed by atoms with Crippen LogP contribution in [0.5, 0.6) is 0 Å². The molecule has 1 atom stereocenters. The Morgan fingerprint density at radius 1 is 1.17 bits per heavy atom. The lowest BCUT2D eigenvalue weighted by molar-refractivity contribution is 0.462. The van der Waals surface area contributed by atoms with Gasteiger partial charge in [0, 0.05) is 16.7 Å². The van der Waals surface area contributed by atoms with Crippen molar-refractivity contribution >= 4 is 15.9 Å². The Bertz CT molecular complexity index is 311. The lowest BCUT2D eigenvalue weighted by Gasteiger charge is -2.18. The highest BCUT2D eigenvalue weighted by Gasteiger charge is 2.11. The first-order valence-corrected chi connectivity index (χ1v) is 7.92. The molecule has 0 radical (unpaired) electrons. The van der Waals surface area contributed by atoms with Crippen molar-refractivity contribution in [3.8, 4) is 0 Å². The monoisotopic (exact) mass is 312 g/mol. The summed E-state index contributed by atoms with van der Waals surface area (Å²) >= 11 is 3.44. The van der Waals surface area contributed by atoms with E-state index in [2.05, 4.69) is 52.2 Å². The maximum absolute atomic E-state index is 4.52. The maximum Gasteiger partial charge on any atom is 0.0574 e. The van der Waals surface area contributed by atoms with E-state index in [0.717, 1.165) is 11.0 Å². The molecular formula is C15H25BrN2. The Morgan fingerprint density at radius 3 is 2.61 bits per heavy atom. The van der Waals surface area contributed by atoms with Crippen LogP contribution in [0.2, 0.25) is 0 Å². The third kappa shape index (κ3) is 5.96. The average Bonchev–Trinajstić information content (AvgIpc) is 2.39. The van der Waals surface area contributed by atoms with E-state index in [9.17, 15) is 0 Å². The summed E-state index contributed by atoms with van der Waals surface area (Å²) in [7, 11) is 0. The van der Waals surface area contributed by atoms with Gasteiger partial charge in [-0.3, -0.25) is 4.98 Å². The summed E-state index contributed by atoms with van der Waals surface area (Å²) in [6.07, 6.45) is 9.50. The highest BCUT2D eigenvalue weighted by molar-refractivity contribution is 9.10. The van der Waals surface area contributed by atoms with Crippen LogP contribution in [0, 0.1) is 0 Å². The quantitative estimate of drug-likeness (QED) is 0.659. The average molecular weight is 313 g/mol. The molecule has 1 rings (SSSR count). The minimum atomic E-state index is 0.412. The van der Waals surface area contributed by atoms with Gasteiger partial charge in [0.1, 0.15) is 0 Å². The van der Waals surface area contributed by atoms with Crippen molar-refractivity contribution < 1.29 is 0 Å². The second-order valence-corrected chi connectivity index (χ2v) is 5.67. The molecule has 2 nitrogen and oxygen atoms in total. The van der Waals surface area contributed by atoms with E-state index in [4.69, 9.17) is 0 Å². The summed E-state index contributed by atoms with van der Waals surface area (Å²) < 4.78 is 1.05. The van der Waals surface area contributed by atoms with Crippen LogP contribution in [0.3, 0.4) is 0 Å². The molecule has 18 heavy (non-hydrogen) atoms. The van der Waals surface area contributed by atoms with Gasteiger partial charge in [0.05, 0.1) is 5.69 Å². The van der Waals surface area contributed by atoms with Crippen molar-refractivity contribution in [1.82, 2.24) is 10.3 Å². The zero-order valence-electron chi connectivity index (χ0n) is 11.6. The molecular weight excluding hydrogens is 288 g/mol. The van der Waals surface area contributed by atoms with Crippen LogP contribution >= 0.6 is 15.9 Å². The summed E-state index contributed by atoms with van der Waals surface area (Å²) in [5, 5.41) is 3.60. The molecule has 0 saturated carbocycles. The van der Waals surface area contributed by atoms with Crippen LogP contribution in [-0.2, 0) is 0 Å². The second-order valence-electron chi connectivity index (χ2n) is 4.76. The van der Waals surface area contributed by atoms with Crippen LogP contribution in [0.15, 0.2) is 22.8 Å². The van der Waals surface area contributed by atoms with Gasteiger partial charge in [-0.05, 0) is 47.4 Å². The molecule has 1 aromatic rings. The highest BCUT2D eigenvalue weighted by Crippen LogP contribution is 2.20. The fourth-order valence-corrected chi connectivity index (χ4v) is 2.28. The fourth-order valence-electron chi connectivity index (χ4n) is 2.04. The first kappa shape index (κ1) is 15.6. The van der Waals surface area contributed by atoms with Crippen molar-refractivity contribution in [2.75, 3.05) is 6.54 Å². The van der Waals surface area contributed by atoms with Gasteiger partial charge < -0.3 is 5.32 Å². The Morgan fingerprint density at radius 2 is 2.00 bits per heavy atom. The Balaban J connectivity index is 2.51. The molecule has 0 aliphatic carbocycles. The number of hydrogen-bond acceptors (Lipinski definition) is 2. The molecule has 0 fully saturated rings. The minimum Gasteiger partial charge on any atom is -0.309 e. The van der Waals surface area contributed by atoms with Gasteiger partial charge in [-0.15, -0.1) is 0 Å². The van der Waals surface area contributed by atoms with Crippen LogP contribution in [-0.4, -0.2) is 11.5 Å². The van der Waals surface area contributed by atoms with E-state index in [1.54, 1.807) is 0 Å². The SMILES string of the molecule is CCCCCCC(NCCC)c1ccc(Br)cn1. The molecule has 1 aromatic heterocycles. The molecule has 0 aliphatic heterocycles. The molecule has 1 N–H and O–H groups in total. The lowest BCUT2D eigenvalue weighted by atomic mass is 10.0. The number of rotatable bonds is 9. The summed E-state index contributed by atoms with van der Waals surface area (Å²) in [4.78, 5) is 4.52. The third-order valence-electron chi connectivity index (χ3n) is 3.09. The third-order valence-corrected chi connectivity index (χ3v) is 3.56. The van der Waals surface area contributed by atoms with Crippen LogP contribution < -0.4 is 5.32 Å². The predicted octanol–water partition coefficient (Wildman–Crippen LogP) is 4.86. The molecule has 0 amide bonds. The van der Waals surface area contributed by atoms with Crippen molar-refractivity contribution in [2.24, 2.45) is 0 Å². The van der Waals surface area contributed by atoms with Gasteiger partial charge >= 0.3 is 0 Å². The number of halogens is 1. The molecule has 102 valence electrons. The summed E-state index contributed by atoms with van der Waals surface area (Å²) in [5.74, 6) is 0. The number of aromatic nitrogens is 1. The number of unbranched alkanes of at least 4 members (excludes halogenated alkanes) is 3. The maximum atomic E-state index is 4.52. The Kier molecular flexibility index (Phi) is 8.27. The van der Waals surface area contributed by atoms with E-state index in [1.807, 2.05) is 6.20 Å². The molecule has 1 unspecified atom stereocenters. The number of nitrogens with one attached hydrogen (secondary N) is 1. The van der Waals surface area contributed by atoms with Gasteiger partial charge in [0.25, 0.3) is 0 Å². The summed E-state index contributed by atoms with van der Waals surface area (Å²) in [6, 6.07) is 4.61. The van der Waals surface area contributed by atoms with E-state index < -0.39 is 0 Å². The number of hydrogen-bond donors (Lipinski definition) is 1. The molecule has 0 bridgehead atoms. The van der Waals surface area contributed by atoms with Gasteiger partial charge in [-0.1, -0.05) is 39.5 Å². The minimum absolute atomic E-state index is 0.412. The second kappa shape index (κ2) is 9.51. The standard InChI is InChI=1S/C15H25BrN2/c1-3-5-6-7-8-14(17-11-4-2)15-10-9-13(16)12-18-15/h9-10,12,14,17H,3-8,11H2,1-2H3. The lowest BCUT2D eigenvalue weighted by Crippen LogP contribution is -2.23. The van der Waals surface area contributed by atoms with E-state index in [-0.39, 0.29) is 0 Å². The van der Waals surface area contributed by atoms with Crippen molar-refractivity contribution in [1.29, 1.82) is 0 Å². The fraction of sp³-hybridized carbons (Fsp3) is 0.667. The first-order chi connectivity index (χ1) is 8.77. The zero-order valence-corrected chi connectivity index (χ0v) is 13.2. The topological polar surface area (TPSA) is 24.9 Å². The highest BCUT2D eigenvalue weighted by atomic mass is 79.9. The van der Waals surface area contributed by atoms with Crippen molar-refractivity contribution in [3.63, 3.8) is 0 Å². The van der Waals surface area contributed by atoms with Gasteiger partial charge in [0.15, 0.2) is 0 Å². The molecule has 1 heterocycles. The Labute approximate surface area is 120 Å². The van der Waals surface area contributed by atoms with Crippen molar-refractivity contribution in [3.05, 3.63) is 28.5 Å². The van der Waals surface area contributed by atoms with Crippen molar-refractivity contribution in [2.45, 2.75) is 58.4 Å². The van der Waals surface area contributed by atoms with E-state index in [1.165, 1.54) is 44.2 Å². The predicted molar refractivity (Wildman–Crippen MR) is 81.7 cm³/mol. The van der Waals surface area contributed by atoms with Gasteiger partial charge in [-0.2, -0.15) is 0 Å². The van der Waals surface area contributed by atoms with Gasteiger partial charge in [0.2, 0.25) is 0 Å². The van der Waals surface area contributed by atoms with Gasteiger partial charge in [-0.25, -0.2) is 0 Å². The summed E-state index contributed by atoms with van der Waals surface area (Å²) in [6.45, 7) is 5.52. The van der Waals surface area contributed by atoms with Crippen LogP contribution in [0.25, 0.3) is 0 Å². The molecule has 0 aliphatic rings. The molecule has 3 heteroatoms. The largest absolute Gasteiger partial charge is 0.309 e. The molecule has 0 spiro atoms. The Hall–Kier alpha value is -0.410. The van der Waals surface area contributed by atoms with Crippen LogP contribution in [0.4, 0.5) is 0 Å². The zero-order chi connectivity index (χ0) is 13.2. The van der Waals surface area contributed by atoms with E-state index in [0.29, 0.717) is 6.04 Å². The first-order valence-electron chi connectivity index (χ1n) is 7.12. The number of pyridine rings is 1. The normalized spacial score (nSPS) is 12.6.